The summed E-state index contributed by atoms with van der Waals surface area (Å²) in [5.74, 6) is 6.28. The third kappa shape index (κ3) is 2.78. The Morgan fingerprint density at radius 1 is 1.53 bits per heavy atom. The van der Waals surface area contributed by atoms with Crippen LogP contribution in [0.3, 0.4) is 0 Å². The van der Waals surface area contributed by atoms with Crippen LogP contribution >= 0.6 is 0 Å². The van der Waals surface area contributed by atoms with Gasteiger partial charge in [0.15, 0.2) is 5.69 Å². The number of ether oxygens (including phenoxy) is 1. The molecule has 1 aromatic rings. The lowest BCUT2D eigenvalue weighted by molar-refractivity contribution is 0.0521. The number of carbonyl (C=O) groups is 1. The van der Waals surface area contributed by atoms with Crippen LogP contribution in [0.15, 0.2) is 0 Å². The summed E-state index contributed by atoms with van der Waals surface area (Å²) in [6.45, 7) is 6.20. The molecule has 5 heteroatoms. The van der Waals surface area contributed by atoms with Crippen LogP contribution in [0.25, 0.3) is 0 Å². The summed E-state index contributed by atoms with van der Waals surface area (Å²) in [7, 11) is 0. The standard InChI is InChI=1S/C12H17N3O2/c1-4-7-8-15-9(5-2)14-10(11(15)13)12(16)17-6-3/h5-6,8,13H2,1-3H3. The van der Waals surface area contributed by atoms with Crippen LogP contribution in [-0.2, 0) is 17.7 Å². The van der Waals surface area contributed by atoms with Crippen molar-refractivity contribution in [2.45, 2.75) is 33.7 Å². The smallest absolute Gasteiger partial charge is 0.360 e. The number of anilines is 1. The van der Waals surface area contributed by atoms with Crippen molar-refractivity contribution in [1.82, 2.24) is 9.55 Å². The molecule has 1 rings (SSSR count). The number of imidazole rings is 1. The molecular formula is C12H17N3O2. The van der Waals surface area contributed by atoms with E-state index in [1.165, 1.54) is 0 Å². The van der Waals surface area contributed by atoms with E-state index in [0.29, 0.717) is 25.4 Å². The lowest BCUT2D eigenvalue weighted by Crippen LogP contribution is -2.10. The minimum atomic E-state index is -0.483. The van der Waals surface area contributed by atoms with Gasteiger partial charge in [0.05, 0.1) is 13.2 Å². The number of hydrogen-bond donors (Lipinski definition) is 1. The van der Waals surface area contributed by atoms with Gasteiger partial charge >= 0.3 is 5.97 Å². The average molecular weight is 235 g/mol. The van der Waals surface area contributed by atoms with E-state index in [1.54, 1.807) is 18.4 Å². The fourth-order valence-electron chi connectivity index (χ4n) is 1.47. The Hall–Kier alpha value is -1.96. The molecule has 0 spiro atoms. The fraction of sp³-hybridized carbons (Fsp3) is 0.500. The van der Waals surface area contributed by atoms with E-state index in [0.717, 1.165) is 5.82 Å². The van der Waals surface area contributed by atoms with Crippen molar-refractivity contribution in [1.29, 1.82) is 0 Å². The average Bonchev–Trinajstić information content (AvgIpc) is 2.64. The summed E-state index contributed by atoms with van der Waals surface area (Å²) in [6, 6.07) is 0. The van der Waals surface area contributed by atoms with Crippen molar-refractivity contribution in [3.8, 4) is 11.8 Å². The highest BCUT2D eigenvalue weighted by atomic mass is 16.5. The van der Waals surface area contributed by atoms with Crippen molar-refractivity contribution in [2.75, 3.05) is 12.3 Å². The Morgan fingerprint density at radius 2 is 2.24 bits per heavy atom. The molecule has 0 unspecified atom stereocenters. The summed E-state index contributed by atoms with van der Waals surface area (Å²) in [5.41, 5.74) is 6.07. The summed E-state index contributed by atoms with van der Waals surface area (Å²) in [5, 5.41) is 0. The topological polar surface area (TPSA) is 70.1 Å². The first-order valence-electron chi connectivity index (χ1n) is 5.57. The summed E-state index contributed by atoms with van der Waals surface area (Å²) < 4.78 is 6.63. The summed E-state index contributed by atoms with van der Waals surface area (Å²) in [6.07, 6.45) is 0.689. The van der Waals surface area contributed by atoms with Gasteiger partial charge in [0.2, 0.25) is 0 Å². The zero-order chi connectivity index (χ0) is 12.8. The number of nitrogen functional groups attached to an aromatic ring is 1. The van der Waals surface area contributed by atoms with E-state index in [9.17, 15) is 4.79 Å². The number of carbonyl (C=O) groups excluding carboxylic acids is 1. The molecule has 1 heterocycles. The van der Waals surface area contributed by atoms with Crippen LogP contribution in [-0.4, -0.2) is 22.1 Å². The van der Waals surface area contributed by atoms with E-state index >= 15 is 0 Å². The lowest BCUT2D eigenvalue weighted by Gasteiger charge is -2.03. The van der Waals surface area contributed by atoms with Gasteiger partial charge in [-0.25, -0.2) is 9.78 Å². The highest BCUT2D eigenvalue weighted by molar-refractivity contribution is 5.92. The number of hydrogen-bond acceptors (Lipinski definition) is 4. The largest absolute Gasteiger partial charge is 0.461 e. The lowest BCUT2D eigenvalue weighted by atomic mass is 10.4. The molecule has 0 saturated carbocycles. The van der Waals surface area contributed by atoms with E-state index in [-0.39, 0.29) is 5.69 Å². The molecule has 17 heavy (non-hydrogen) atoms. The second-order valence-corrected chi connectivity index (χ2v) is 3.35. The first kappa shape index (κ1) is 13.1. The molecule has 5 nitrogen and oxygen atoms in total. The fourth-order valence-corrected chi connectivity index (χ4v) is 1.47. The molecule has 0 radical (unpaired) electrons. The second-order valence-electron chi connectivity index (χ2n) is 3.35. The first-order chi connectivity index (χ1) is 8.15. The van der Waals surface area contributed by atoms with Gasteiger partial charge in [-0.15, -0.1) is 5.92 Å². The number of nitrogens with two attached hydrogens (primary N) is 1. The Morgan fingerprint density at radius 3 is 2.76 bits per heavy atom. The van der Waals surface area contributed by atoms with E-state index in [2.05, 4.69) is 16.8 Å². The predicted molar refractivity (Wildman–Crippen MR) is 65.4 cm³/mol. The molecule has 0 bridgehead atoms. The highest BCUT2D eigenvalue weighted by Crippen LogP contribution is 2.16. The van der Waals surface area contributed by atoms with E-state index in [4.69, 9.17) is 10.5 Å². The van der Waals surface area contributed by atoms with Gasteiger partial charge in [-0.1, -0.05) is 12.8 Å². The molecular weight excluding hydrogens is 218 g/mol. The van der Waals surface area contributed by atoms with Gasteiger partial charge in [0.25, 0.3) is 0 Å². The van der Waals surface area contributed by atoms with E-state index < -0.39 is 5.97 Å². The Bertz CT molecular complexity index is 466. The van der Waals surface area contributed by atoms with Crippen LogP contribution in [0.2, 0.25) is 0 Å². The Labute approximate surface area is 101 Å². The number of esters is 1. The van der Waals surface area contributed by atoms with Crippen molar-refractivity contribution in [3.05, 3.63) is 11.5 Å². The monoisotopic (exact) mass is 235 g/mol. The van der Waals surface area contributed by atoms with E-state index in [1.807, 2.05) is 6.92 Å². The molecule has 2 N–H and O–H groups in total. The molecule has 0 aromatic carbocycles. The van der Waals surface area contributed by atoms with Crippen molar-refractivity contribution in [3.63, 3.8) is 0 Å². The maximum atomic E-state index is 11.6. The number of aryl methyl sites for hydroxylation is 1. The minimum Gasteiger partial charge on any atom is -0.461 e. The van der Waals surface area contributed by atoms with Gasteiger partial charge in [-0.2, -0.15) is 0 Å². The van der Waals surface area contributed by atoms with Gasteiger partial charge in [0, 0.05) is 6.42 Å². The van der Waals surface area contributed by atoms with Crippen molar-refractivity contribution in [2.24, 2.45) is 0 Å². The van der Waals surface area contributed by atoms with Gasteiger partial charge in [-0.05, 0) is 13.8 Å². The third-order valence-electron chi connectivity index (χ3n) is 2.28. The van der Waals surface area contributed by atoms with Crippen molar-refractivity contribution < 1.29 is 9.53 Å². The number of aromatic nitrogens is 2. The second kappa shape index (κ2) is 5.94. The zero-order valence-corrected chi connectivity index (χ0v) is 10.4. The third-order valence-corrected chi connectivity index (χ3v) is 2.28. The van der Waals surface area contributed by atoms with Crippen LogP contribution in [0, 0.1) is 11.8 Å². The molecule has 0 aliphatic carbocycles. The first-order valence-corrected chi connectivity index (χ1v) is 5.57. The number of rotatable bonds is 4. The molecule has 0 amide bonds. The molecule has 1 aromatic heterocycles. The quantitative estimate of drug-likeness (QED) is 0.629. The molecule has 0 saturated heterocycles. The van der Waals surface area contributed by atoms with Crippen LogP contribution in [0.5, 0.6) is 0 Å². The molecule has 92 valence electrons. The summed E-state index contributed by atoms with van der Waals surface area (Å²) in [4.78, 5) is 15.8. The Balaban J connectivity index is 3.11. The highest BCUT2D eigenvalue weighted by Gasteiger charge is 2.20. The van der Waals surface area contributed by atoms with Gasteiger partial charge < -0.3 is 15.0 Å². The van der Waals surface area contributed by atoms with Gasteiger partial charge in [-0.3, -0.25) is 0 Å². The maximum Gasteiger partial charge on any atom is 0.360 e. The zero-order valence-electron chi connectivity index (χ0n) is 10.4. The SMILES string of the molecule is CC#CCn1c(CC)nc(C(=O)OCC)c1N. The van der Waals surface area contributed by atoms with Crippen molar-refractivity contribution >= 4 is 11.8 Å². The molecule has 0 aliphatic rings. The van der Waals surface area contributed by atoms with Crippen LogP contribution in [0.4, 0.5) is 5.82 Å². The normalized spacial score (nSPS) is 9.59. The van der Waals surface area contributed by atoms with Gasteiger partial charge in [0.1, 0.15) is 11.6 Å². The molecule has 0 aliphatic heterocycles. The number of nitrogens with zero attached hydrogens (tertiary/aromatic N) is 2. The van der Waals surface area contributed by atoms with Crippen LogP contribution < -0.4 is 5.73 Å². The van der Waals surface area contributed by atoms with Crippen LogP contribution in [0.1, 0.15) is 37.1 Å². The predicted octanol–water partition coefficient (Wildman–Crippen LogP) is 1.23. The summed E-state index contributed by atoms with van der Waals surface area (Å²) >= 11 is 0. The Kier molecular flexibility index (Phi) is 4.58. The molecule has 0 fully saturated rings. The molecule has 0 atom stereocenters. The minimum absolute atomic E-state index is 0.182. The maximum absolute atomic E-state index is 11.6.